The third-order valence-corrected chi connectivity index (χ3v) is 1.84. The second-order valence-corrected chi connectivity index (χ2v) is 3.16. The zero-order valence-corrected chi connectivity index (χ0v) is 7.84. The molecule has 1 nitrogen and oxygen atoms in total. The van der Waals surface area contributed by atoms with E-state index in [1.807, 2.05) is 13.0 Å². The van der Waals surface area contributed by atoms with Crippen LogP contribution in [0, 0.1) is 12.7 Å². The lowest BCUT2D eigenvalue weighted by Crippen LogP contribution is -1.86. The maximum atomic E-state index is 12.8. The molecule has 0 aliphatic carbocycles. The highest BCUT2D eigenvalue weighted by molar-refractivity contribution is 5.53. The van der Waals surface area contributed by atoms with Crippen molar-refractivity contribution < 1.29 is 9.50 Å². The molecule has 0 heterocycles. The molecule has 0 aromatic heterocycles. The van der Waals surface area contributed by atoms with Crippen LogP contribution in [0.25, 0.3) is 6.08 Å². The van der Waals surface area contributed by atoms with E-state index < -0.39 is 0 Å². The third-order valence-electron chi connectivity index (χ3n) is 1.84. The minimum Gasteiger partial charge on any atom is -0.392 e. The van der Waals surface area contributed by atoms with Gasteiger partial charge in [-0.3, -0.25) is 0 Å². The van der Waals surface area contributed by atoms with Crippen LogP contribution in [-0.4, -0.2) is 11.7 Å². The van der Waals surface area contributed by atoms with E-state index in [1.54, 1.807) is 19.1 Å². The normalized spacial score (nSPS) is 11.8. The average Bonchev–Trinajstić information content (AvgIpc) is 2.11. The summed E-state index contributed by atoms with van der Waals surface area (Å²) in [4.78, 5) is 0. The predicted molar refractivity (Wildman–Crippen MR) is 51.9 cm³/mol. The molecule has 0 saturated heterocycles. The Labute approximate surface area is 77.5 Å². The first-order chi connectivity index (χ1) is 6.13. The quantitative estimate of drug-likeness (QED) is 0.741. The molecule has 70 valence electrons. The molecule has 1 N–H and O–H groups in total. The average molecular weight is 180 g/mol. The van der Waals surface area contributed by atoms with E-state index in [0.29, 0.717) is 5.56 Å². The summed E-state index contributed by atoms with van der Waals surface area (Å²) in [5.41, 5.74) is 2.41. The van der Waals surface area contributed by atoms with Crippen molar-refractivity contribution in [2.45, 2.75) is 13.8 Å². The first kappa shape index (κ1) is 9.93. The molecule has 1 aromatic carbocycles. The number of hydrogen-bond acceptors (Lipinski definition) is 1. The molecule has 0 fully saturated rings. The Hall–Kier alpha value is -1.15. The van der Waals surface area contributed by atoms with Crippen molar-refractivity contribution in [2.75, 3.05) is 6.61 Å². The van der Waals surface area contributed by atoms with Gasteiger partial charge in [0.05, 0.1) is 6.61 Å². The number of benzene rings is 1. The van der Waals surface area contributed by atoms with E-state index in [-0.39, 0.29) is 12.4 Å². The summed E-state index contributed by atoms with van der Waals surface area (Å²) in [7, 11) is 0. The van der Waals surface area contributed by atoms with Crippen LogP contribution >= 0.6 is 0 Å². The summed E-state index contributed by atoms with van der Waals surface area (Å²) in [6, 6.07) is 4.89. The molecule has 0 unspecified atom stereocenters. The lowest BCUT2D eigenvalue weighted by Gasteiger charge is -1.99. The van der Waals surface area contributed by atoms with Gasteiger partial charge in [-0.15, -0.1) is 0 Å². The smallest absolute Gasteiger partial charge is 0.126 e. The van der Waals surface area contributed by atoms with Crippen LogP contribution in [-0.2, 0) is 0 Å². The van der Waals surface area contributed by atoms with Gasteiger partial charge in [-0.2, -0.15) is 0 Å². The Morgan fingerprint density at radius 1 is 1.54 bits per heavy atom. The molecule has 2 heteroatoms. The minimum atomic E-state index is -0.196. The van der Waals surface area contributed by atoms with Crippen LogP contribution in [0.4, 0.5) is 4.39 Å². The van der Waals surface area contributed by atoms with Crippen LogP contribution in [0.2, 0.25) is 0 Å². The number of aryl methyl sites for hydroxylation is 1. The van der Waals surface area contributed by atoms with E-state index in [0.717, 1.165) is 11.1 Å². The Morgan fingerprint density at radius 3 is 2.77 bits per heavy atom. The molecule has 0 saturated carbocycles. The molecular formula is C11H13FO. The van der Waals surface area contributed by atoms with E-state index in [1.165, 1.54) is 6.07 Å². The second kappa shape index (κ2) is 4.19. The van der Waals surface area contributed by atoms with Crippen LogP contribution in [0.1, 0.15) is 18.1 Å². The zero-order valence-electron chi connectivity index (χ0n) is 7.84. The summed E-state index contributed by atoms with van der Waals surface area (Å²) in [6.45, 7) is 3.59. The molecule has 0 radical (unpaired) electrons. The molecular weight excluding hydrogens is 167 g/mol. The molecule has 0 aliphatic heterocycles. The number of rotatable bonds is 2. The van der Waals surface area contributed by atoms with E-state index in [9.17, 15) is 4.39 Å². The van der Waals surface area contributed by atoms with Gasteiger partial charge in [0.1, 0.15) is 5.82 Å². The highest BCUT2D eigenvalue weighted by Gasteiger charge is 1.96. The van der Waals surface area contributed by atoms with E-state index >= 15 is 0 Å². The number of aliphatic hydroxyl groups is 1. The van der Waals surface area contributed by atoms with Gasteiger partial charge in [0, 0.05) is 0 Å². The number of hydrogen-bond donors (Lipinski definition) is 1. The molecule has 1 rings (SSSR count). The Kier molecular flexibility index (Phi) is 3.20. The predicted octanol–water partition coefficient (Wildman–Crippen LogP) is 2.53. The van der Waals surface area contributed by atoms with Crippen molar-refractivity contribution in [2.24, 2.45) is 0 Å². The Balaban J connectivity index is 2.98. The third kappa shape index (κ3) is 2.67. The van der Waals surface area contributed by atoms with E-state index in [4.69, 9.17) is 5.11 Å². The number of aliphatic hydroxyl groups excluding tert-OH is 1. The van der Waals surface area contributed by atoms with Gasteiger partial charge in [-0.1, -0.05) is 12.1 Å². The first-order valence-corrected chi connectivity index (χ1v) is 4.17. The highest BCUT2D eigenvalue weighted by Crippen LogP contribution is 2.12. The van der Waals surface area contributed by atoms with Crippen molar-refractivity contribution in [3.8, 4) is 0 Å². The number of halogens is 1. The lowest BCUT2D eigenvalue weighted by atomic mass is 10.1. The summed E-state index contributed by atoms with van der Waals surface area (Å²) < 4.78 is 12.8. The van der Waals surface area contributed by atoms with E-state index in [2.05, 4.69) is 0 Å². The van der Waals surface area contributed by atoms with Gasteiger partial charge in [0.2, 0.25) is 0 Å². The first-order valence-electron chi connectivity index (χ1n) is 4.17. The van der Waals surface area contributed by atoms with Crippen LogP contribution < -0.4 is 0 Å². The summed E-state index contributed by atoms with van der Waals surface area (Å²) in [5, 5.41) is 8.78. The van der Waals surface area contributed by atoms with Gasteiger partial charge < -0.3 is 5.11 Å². The molecule has 0 bridgehead atoms. The summed E-state index contributed by atoms with van der Waals surface area (Å²) >= 11 is 0. The second-order valence-electron chi connectivity index (χ2n) is 3.16. The van der Waals surface area contributed by atoms with Crippen LogP contribution in [0.3, 0.4) is 0 Å². The summed E-state index contributed by atoms with van der Waals surface area (Å²) in [6.07, 6.45) is 1.84. The maximum Gasteiger partial charge on any atom is 0.126 e. The highest BCUT2D eigenvalue weighted by atomic mass is 19.1. The molecule has 0 amide bonds. The van der Waals surface area contributed by atoms with Gasteiger partial charge >= 0.3 is 0 Å². The molecule has 0 aliphatic rings. The minimum absolute atomic E-state index is 0.0381. The topological polar surface area (TPSA) is 20.2 Å². The van der Waals surface area contributed by atoms with Gasteiger partial charge in [-0.05, 0) is 42.7 Å². The van der Waals surface area contributed by atoms with Crippen molar-refractivity contribution in [1.82, 2.24) is 0 Å². The Morgan fingerprint density at radius 2 is 2.23 bits per heavy atom. The van der Waals surface area contributed by atoms with Crippen molar-refractivity contribution in [3.63, 3.8) is 0 Å². The summed E-state index contributed by atoms with van der Waals surface area (Å²) in [5.74, 6) is -0.196. The lowest BCUT2D eigenvalue weighted by molar-refractivity contribution is 0.332. The SMILES string of the molecule is CC(=Cc1ccc(F)c(C)c1)CO. The van der Waals surface area contributed by atoms with Crippen molar-refractivity contribution >= 4 is 6.08 Å². The van der Waals surface area contributed by atoms with Crippen LogP contribution in [0.15, 0.2) is 23.8 Å². The molecule has 13 heavy (non-hydrogen) atoms. The fourth-order valence-electron chi connectivity index (χ4n) is 1.09. The van der Waals surface area contributed by atoms with Crippen molar-refractivity contribution in [1.29, 1.82) is 0 Å². The van der Waals surface area contributed by atoms with Gasteiger partial charge in [0.25, 0.3) is 0 Å². The fourth-order valence-corrected chi connectivity index (χ4v) is 1.09. The Bertz CT molecular complexity index is 329. The maximum absolute atomic E-state index is 12.8. The van der Waals surface area contributed by atoms with Crippen molar-refractivity contribution in [3.05, 3.63) is 40.7 Å². The van der Waals surface area contributed by atoms with Gasteiger partial charge in [0.15, 0.2) is 0 Å². The molecule has 1 aromatic rings. The standard InChI is InChI=1S/C11H13FO/c1-8(7-13)5-10-3-4-11(12)9(2)6-10/h3-6,13H,7H2,1-2H3. The largest absolute Gasteiger partial charge is 0.392 e. The fraction of sp³-hybridized carbons (Fsp3) is 0.273. The molecule has 0 atom stereocenters. The molecule has 0 spiro atoms. The van der Waals surface area contributed by atoms with Gasteiger partial charge in [-0.25, -0.2) is 4.39 Å². The monoisotopic (exact) mass is 180 g/mol. The zero-order chi connectivity index (χ0) is 9.84. The van der Waals surface area contributed by atoms with Crippen LogP contribution in [0.5, 0.6) is 0 Å².